The van der Waals surface area contributed by atoms with Crippen molar-refractivity contribution in [1.29, 1.82) is 0 Å². The summed E-state index contributed by atoms with van der Waals surface area (Å²) in [6.45, 7) is 3.20. The fraction of sp³-hybridized carbons (Fsp3) is 0.364. The molecule has 0 aliphatic carbocycles. The summed E-state index contributed by atoms with van der Waals surface area (Å²) >= 11 is 5.43. The molecule has 0 heterocycles. The molecule has 0 saturated heterocycles. The van der Waals surface area contributed by atoms with Crippen LogP contribution in [-0.4, -0.2) is 34.3 Å². The van der Waals surface area contributed by atoms with E-state index in [-0.39, 0.29) is 11.7 Å². The molecule has 3 nitrogen and oxygen atoms in total. The van der Waals surface area contributed by atoms with E-state index in [0.717, 1.165) is 8.90 Å². The van der Waals surface area contributed by atoms with Crippen molar-refractivity contribution in [2.75, 3.05) is 18.4 Å². The van der Waals surface area contributed by atoms with Gasteiger partial charge < -0.3 is 10.0 Å². The zero-order chi connectivity index (χ0) is 12.1. The predicted octanol–water partition coefficient (Wildman–Crippen LogP) is 2.85. The molecule has 0 spiro atoms. The van der Waals surface area contributed by atoms with Crippen LogP contribution in [0.2, 0.25) is 0 Å². The van der Waals surface area contributed by atoms with Crippen LogP contribution in [0.5, 0.6) is 5.75 Å². The van der Waals surface area contributed by atoms with Gasteiger partial charge in [-0.3, -0.25) is 4.79 Å². The molecule has 16 heavy (non-hydrogen) atoms. The third-order valence-corrected chi connectivity index (χ3v) is 3.24. The van der Waals surface area contributed by atoms with Gasteiger partial charge in [-0.05, 0) is 47.7 Å². The lowest BCUT2D eigenvalue weighted by Crippen LogP contribution is -2.32. The maximum atomic E-state index is 12.1. The van der Waals surface area contributed by atoms with E-state index in [1.54, 1.807) is 23.1 Å². The van der Waals surface area contributed by atoms with Crippen LogP contribution in [0.15, 0.2) is 18.2 Å². The average Bonchev–Trinajstić information content (AvgIpc) is 2.28. The summed E-state index contributed by atoms with van der Waals surface area (Å²) in [4.78, 5) is 13.8. The van der Waals surface area contributed by atoms with Crippen LogP contribution in [-0.2, 0) is 0 Å². The van der Waals surface area contributed by atoms with Crippen molar-refractivity contribution >= 4 is 44.4 Å². The minimum Gasteiger partial charge on any atom is -0.507 e. The first kappa shape index (κ1) is 13.8. The number of alkyl halides is 1. The Balaban J connectivity index is 2.98. The van der Waals surface area contributed by atoms with Crippen LogP contribution < -0.4 is 0 Å². The average molecular weight is 398 g/mol. The number of phenolic OH excluding ortho intramolecular Hbond substituents is 1. The van der Waals surface area contributed by atoms with Crippen molar-refractivity contribution < 1.29 is 9.90 Å². The van der Waals surface area contributed by atoms with Crippen molar-refractivity contribution in [2.45, 2.75) is 6.92 Å². The number of carbonyl (C=O) groups is 1. The number of benzene rings is 1. The van der Waals surface area contributed by atoms with E-state index >= 15 is 0 Å². The topological polar surface area (TPSA) is 40.5 Å². The van der Waals surface area contributed by atoms with E-state index in [9.17, 15) is 9.90 Å². The Bertz CT molecular complexity index is 384. The van der Waals surface area contributed by atoms with Crippen LogP contribution in [0.1, 0.15) is 17.3 Å². The summed E-state index contributed by atoms with van der Waals surface area (Å²) < 4.78 is 0.939. The number of hydrogen-bond acceptors (Lipinski definition) is 2. The highest BCUT2D eigenvalue weighted by Crippen LogP contribution is 2.21. The Morgan fingerprint density at radius 3 is 2.81 bits per heavy atom. The van der Waals surface area contributed by atoms with Crippen molar-refractivity contribution in [2.24, 2.45) is 0 Å². The number of amides is 1. The molecule has 1 aromatic carbocycles. The first-order chi connectivity index (χ1) is 7.60. The number of nitrogens with zero attached hydrogens (tertiary/aromatic N) is 1. The van der Waals surface area contributed by atoms with Crippen LogP contribution in [0, 0.1) is 3.57 Å². The third kappa shape index (κ3) is 3.35. The fourth-order valence-corrected chi connectivity index (χ4v) is 2.27. The molecule has 1 aromatic rings. The second kappa shape index (κ2) is 6.44. The minimum atomic E-state index is -0.127. The SMILES string of the molecule is CCN(CCBr)C(=O)c1cc(I)ccc1O. The van der Waals surface area contributed by atoms with Gasteiger partial charge in [0.05, 0.1) is 5.56 Å². The van der Waals surface area contributed by atoms with Gasteiger partial charge in [0.25, 0.3) is 5.91 Å². The summed E-state index contributed by atoms with van der Waals surface area (Å²) in [5.41, 5.74) is 0.370. The normalized spacial score (nSPS) is 10.2. The maximum Gasteiger partial charge on any atom is 0.257 e. The lowest BCUT2D eigenvalue weighted by Gasteiger charge is -2.20. The summed E-state index contributed by atoms with van der Waals surface area (Å²) in [7, 11) is 0. The van der Waals surface area contributed by atoms with Crippen LogP contribution in [0.4, 0.5) is 0 Å². The minimum absolute atomic E-state index is 0.0402. The monoisotopic (exact) mass is 397 g/mol. The van der Waals surface area contributed by atoms with Gasteiger partial charge in [-0.25, -0.2) is 0 Å². The standard InChI is InChI=1S/C11H13BrINO2/c1-2-14(6-5-12)11(16)9-7-8(13)3-4-10(9)15/h3-4,7,15H,2,5-6H2,1H3. The predicted molar refractivity (Wildman–Crippen MR) is 76.2 cm³/mol. The van der Waals surface area contributed by atoms with Crippen molar-refractivity contribution in [3.8, 4) is 5.75 Å². The lowest BCUT2D eigenvalue weighted by molar-refractivity contribution is 0.0772. The summed E-state index contributed by atoms with van der Waals surface area (Å²) in [6, 6.07) is 5.03. The zero-order valence-corrected chi connectivity index (χ0v) is 12.7. The van der Waals surface area contributed by atoms with E-state index in [1.807, 2.05) is 6.92 Å². The third-order valence-electron chi connectivity index (χ3n) is 2.21. The second-order valence-corrected chi connectivity index (χ2v) is 5.27. The van der Waals surface area contributed by atoms with Crippen LogP contribution >= 0.6 is 38.5 Å². The summed E-state index contributed by atoms with van der Waals surface area (Å²) in [5, 5.41) is 10.4. The molecular formula is C11H13BrINO2. The van der Waals surface area contributed by atoms with Crippen LogP contribution in [0.25, 0.3) is 0 Å². The van der Waals surface area contributed by atoms with Gasteiger partial charge in [0, 0.05) is 22.0 Å². The van der Waals surface area contributed by atoms with Crippen LogP contribution in [0.3, 0.4) is 0 Å². The van der Waals surface area contributed by atoms with Gasteiger partial charge in [-0.2, -0.15) is 0 Å². The van der Waals surface area contributed by atoms with Crippen molar-refractivity contribution in [1.82, 2.24) is 4.90 Å². The molecule has 1 rings (SSSR count). The number of rotatable bonds is 4. The molecule has 0 unspecified atom stereocenters. The van der Waals surface area contributed by atoms with Gasteiger partial charge in [0.15, 0.2) is 0 Å². The maximum absolute atomic E-state index is 12.1. The van der Waals surface area contributed by atoms with E-state index in [1.165, 1.54) is 0 Å². The van der Waals surface area contributed by atoms with E-state index in [0.29, 0.717) is 18.7 Å². The second-order valence-electron chi connectivity index (χ2n) is 3.24. The molecule has 88 valence electrons. The Morgan fingerprint density at radius 1 is 1.56 bits per heavy atom. The number of aromatic hydroxyl groups is 1. The van der Waals surface area contributed by atoms with Gasteiger partial charge in [-0.15, -0.1) is 0 Å². The number of hydrogen-bond donors (Lipinski definition) is 1. The Hall–Kier alpha value is -0.300. The molecule has 0 atom stereocenters. The molecule has 0 saturated carbocycles. The van der Waals surface area contributed by atoms with Gasteiger partial charge in [0.2, 0.25) is 0 Å². The number of phenols is 1. The molecule has 0 aromatic heterocycles. The Labute approximate surface area is 117 Å². The molecule has 1 amide bonds. The molecule has 5 heteroatoms. The molecule has 0 fully saturated rings. The molecular weight excluding hydrogens is 385 g/mol. The van der Waals surface area contributed by atoms with E-state index in [4.69, 9.17) is 0 Å². The Kier molecular flexibility index (Phi) is 5.54. The van der Waals surface area contributed by atoms with E-state index in [2.05, 4.69) is 38.5 Å². The first-order valence-corrected chi connectivity index (χ1v) is 7.14. The van der Waals surface area contributed by atoms with Gasteiger partial charge in [0.1, 0.15) is 5.75 Å². The highest BCUT2D eigenvalue weighted by Gasteiger charge is 2.17. The lowest BCUT2D eigenvalue weighted by atomic mass is 10.1. The highest BCUT2D eigenvalue weighted by atomic mass is 127. The Morgan fingerprint density at radius 2 is 2.25 bits per heavy atom. The first-order valence-electron chi connectivity index (χ1n) is 4.94. The largest absolute Gasteiger partial charge is 0.507 e. The van der Waals surface area contributed by atoms with Gasteiger partial charge >= 0.3 is 0 Å². The molecule has 0 bridgehead atoms. The summed E-state index contributed by atoms with van der Waals surface area (Å²) in [6.07, 6.45) is 0. The number of carbonyl (C=O) groups excluding carboxylic acids is 1. The molecule has 0 aliphatic heterocycles. The fourth-order valence-electron chi connectivity index (χ4n) is 1.36. The quantitative estimate of drug-likeness (QED) is 0.626. The zero-order valence-electron chi connectivity index (χ0n) is 8.91. The molecule has 0 radical (unpaired) electrons. The molecule has 0 aliphatic rings. The highest BCUT2D eigenvalue weighted by molar-refractivity contribution is 14.1. The van der Waals surface area contributed by atoms with E-state index < -0.39 is 0 Å². The van der Waals surface area contributed by atoms with Crippen molar-refractivity contribution in [3.05, 3.63) is 27.3 Å². The smallest absolute Gasteiger partial charge is 0.257 e. The summed E-state index contributed by atoms with van der Waals surface area (Å²) in [5.74, 6) is -0.0867. The number of halogens is 2. The molecule has 1 N–H and O–H groups in total. The van der Waals surface area contributed by atoms with Crippen molar-refractivity contribution in [3.63, 3.8) is 0 Å². The van der Waals surface area contributed by atoms with Gasteiger partial charge in [-0.1, -0.05) is 15.9 Å².